The molecule has 1 aliphatic heterocycles. The number of thiophene rings is 1. The van der Waals surface area contributed by atoms with Gasteiger partial charge in [-0.25, -0.2) is 0 Å². The molecule has 0 unspecified atom stereocenters. The summed E-state index contributed by atoms with van der Waals surface area (Å²) >= 11 is 1.48. The van der Waals surface area contributed by atoms with Crippen LogP contribution in [-0.4, -0.2) is 59.2 Å². The fraction of sp³-hybridized carbons (Fsp3) is 0.300. The van der Waals surface area contributed by atoms with Gasteiger partial charge < -0.3 is 9.88 Å². The van der Waals surface area contributed by atoms with Crippen LogP contribution in [0.15, 0.2) is 48.0 Å². The second kappa shape index (κ2) is 7.43. The van der Waals surface area contributed by atoms with E-state index in [0.717, 1.165) is 34.4 Å². The summed E-state index contributed by atoms with van der Waals surface area (Å²) in [5.41, 5.74) is 2.10. The van der Waals surface area contributed by atoms with Crippen molar-refractivity contribution in [3.63, 3.8) is 0 Å². The zero-order valence-electron chi connectivity index (χ0n) is 14.5. The van der Waals surface area contributed by atoms with Gasteiger partial charge in [-0.2, -0.15) is 0 Å². The highest BCUT2D eigenvalue weighted by molar-refractivity contribution is 7.12. The van der Waals surface area contributed by atoms with Gasteiger partial charge in [0.1, 0.15) is 0 Å². The molecule has 6 heteroatoms. The van der Waals surface area contributed by atoms with Gasteiger partial charge in [0.15, 0.2) is 5.78 Å². The van der Waals surface area contributed by atoms with E-state index < -0.39 is 0 Å². The molecule has 1 saturated heterocycles. The Kier molecular flexibility index (Phi) is 4.86. The average molecular weight is 367 g/mol. The van der Waals surface area contributed by atoms with Crippen molar-refractivity contribution in [2.24, 2.45) is 0 Å². The molecule has 0 aliphatic carbocycles. The summed E-state index contributed by atoms with van der Waals surface area (Å²) in [5.74, 6) is 0.317. The smallest absolute Gasteiger partial charge is 0.227 e. The SMILES string of the molecule is O=C(CN1CCN(C(=O)Cc2c[nH]c3ccccc23)CC1)c1cccs1. The molecule has 0 spiro atoms. The van der Waals surface area contributed by atoms with Crippen LogP contribution >= 0.6 is 11.3 Å². The number of aromatic nitrogens is 1. The van der Waals surface area contributed by atoms with Crippen molar-refractivity contribution in [2.75, 3.05) is 32.7 Å². The first kappa shape index (κ1) is 17.0. The number of ketones is 1. The lowest BCUT2D eigenvalue weighted by atomic mass is 10.1. The number of piperazine rings is 1. The van der Waals surface area contributed by atoms with Crippen LogP contribution < -0.4 is 0 Å². The Morgan fingerprint density at radius 2 is 1.85 bits per heavy atom. The molecule has 2 aromatic heterocycles. The first-order valence-corrected chi connectivity index (χ1v) is 9.70. The van der Waals surface area contributed by atoms with Gasteiger partial charge in [-0.3, -0.25) is 14.5 Å². The van der Waals surface area contributed by atoms with Crippen molar-refractivity contribution >= 4 is 33.9 Å². The molecule has 4 rings (SSSR count). The van der Waals surface area contributed by atoms with Gasteiger partial charge in [-0.1, -0.05) is 24.3 Å². The van der Waals surface area contributed by atoms with E-state index in [1.165, 1.54) is 11.3 Å². The first-order valence-electron chi connectivity index (χ1n) is 8.82. The molecule has 0 bridgehead atoms. The summed E-state index contributed by atoms with van der Waals surface area (Å²) in [5, 5.41) is 3.04. The maximum absolute atomic E-state index is 12.7. The Labute approximate surface area is 156 Å². The van der Waals surface area contributed by atoms with E-state index in [9.17, 15) is 9.59 Å². The summed E-state index contributed by atoms with van der Waals surface area (Å²) in [4.78, 5) is 32.9. The predicted octanol–water partition coefficient (Wildman–Crippen LogP) is 2.80. The maximum atomic E-state index is 12.7. The molecular formula is C20H21N3O2S. The number of carbonyl (C=O) groups excluding carboxylic acids is 2. The normalized spacial score (nSPS) is 15.5. The highest BCUT2D eigenvalue weighted by Gasteiger charge is 2.23. The van der Waals surface area contributed by atoms with Crippen LogP contribution in [-0.2, 0) is 11.2 Å². The quantitative estimate of drug-likeness (QED) is 0.706. The lowest BCUT2D eigenvalue weighted by Gasteiger charge is -2.34. The number of para-hydroxylation sites is 1. The number of Topliss-reactive ketones (excluding diaryl/α,β-unsaturated/α-hetero) is 1. The summed E-state index contributed by atoms with van der Waals surface area (Å²) < 4.78 is 0. The van der Waals surface area contributed by atoms with Crippen LogP contribution in [0.25, 0.3) is 10.9 Å². The number of H-pyrrole nitrogens is 1. The van der Waals surface area contributed by atoms with Gasteiger partial charge in [-0.05, 0) is 23.1 Å². The molecule has 1 fully saturated rings. The number of nitrogens with one attached hydrogen (secondary N) is 1. The van der Waals surface area contributed by atoms with Gasteiger partial charge in [0, 0.05) is 43.3 Å². The molecule has 3 heterocycles. The van der Waals surface area contributed by atoms with Crippen molar-refractivity contribution in [2.45, 2.75) is 6.42 Å². The molecule has 26 heavy (non-hydrogen) atoms. The van der Waals surface area contributed by atoms with E-state index in [4.69, 9.17) is 0 Å². The van der Waals surface area contributed by atoms with E-state index in [0.29, 0.717) is 26.1 Å². The molecule has 1 aromatic carbocycles. The zero-order chi connectivity index (χ0) is 17.9. The third-order valence-corrected chi connectivity index (χ3v) is 5.82. The van der Waals surface area contributed by atoms with Crippen molar-refractivity contribution in [1.29, 1.82) is 0 Å². The lowest BCUT2D eigenvalue weighted by Crippen LogP contribution is -2.50. The lowest BCUT2D eigenvalue weighted by molar-refractivity contribution is -0.132. The molecule has 0 atom stereocenters. The van der Waals surface area contributed by atoms with Crippen molar-refractivity contribution in [1.82, 2.24) is 14.8 Å². The molecular weight excluding hydrogens is 346 g/mol. The summed E-state index contributed by atoms with van der Waals surface area (Å²) in [6.45, 7) is 3.29. The molecule has 1 N–H and O–H groups in total. The molecule has 3 aromatic rings. The number of fused-ring (bicyclic) bond motifs is 1. The topological polar surface area (TPSA) is 56.4 Å². The maximum Gasteiger partial charge on any atom is 0.227 e. The van der Waals surface area contributed by atoms with Crippen LogP contribution in [0.3, 0.4) is 0 Å². The Balaban J connectivity index is 1.31. The largest absolute Gasteiger partial charge is 0.361 e. The molecule has 134 valence electrons. The molecule has 0 radical (unpaired) electrons. The van der Waals surface area contributed by atoms with Gasteiger partial charge >= 0.3 is 0 Å². The highest BCUT2D eigenvalue weighted by atomic mass is 32.1. The minimum Gasteiger partial charge on any atom is -0.361 e. The van der Waals surface area contributed by atoms with E-state index in [1.807, 2.05) is 52.9 Å². The molecule has 0 saturated carbocycles. The van der Waals surface area contributed by atoms with Crippen molar-refractivity contribution in [3.8, 4) is 0 Å². The monoisotopic (exact) mass is 367 g/mol. The van der Waals surface area contributed by atoms with Gasteiger partial charge in [-0.15, -0.1) is 11.3 Å². The Hall–Kier alpha value is -2.44. The van der Waals surface area contributed by atoms with E-state index in [-0.39, 0.29) is 11.7 Å². The number of amides is 1. The number of rotatable bonds is 5. The van der Waals surface area contributed by atoms with Crippen LogP contribution in [0.1, 0.15) is 15.2 Å². The molecule has 5 nitrogen and oxygen atoms in total. The molecule has 1 aliphatic rings. The number of nitrogens with zero attached hydrogens (tertiary/aromatic N) is 2. The second-order valence-electron chi connectivity index (χ2n) is 6.59. The van der Waals surface area contributed by atoms with Crippen molar-refractivity contribution in [3.05, 3.63) is 58.4 Å². The van der Waals surface area contributed by atoms with E-state index >= 15 is 0 Å². The van der Waals surface area contributed by atoms with Crippen LogP contribution in [0.4, 0.5) is 0 Å². The summed E-state index contributed by atoms with van der Waals surface area (Å²) in [6.07, 6.45) is 2.34. The van der Waals surface area contributed by atoms with Gasteiger partial charge in [0.05, 0.1) is 17.8 Å². The minimum atomic E-state index is 0.152. The van der Waals surface area contributed by atoms with Gasteiger partial charge in [0.25, 0.3) is 0 Å². The second-order valence-corrected chi connectivity index (χ2v) is 7.54. The third-order valence-electron chi connectivity index (χ3n) is 4.90. The first-order chi connectivity index (χ1) is 12.7. The van der Waals surface area contributed by atoms with E-state index in [1.54, 1.807) is 0 Å². The number of hydrogen-bond acceptors (Lipinski definition) is 4. The number of aromatic amines is 1. The Morgan fingerprint density at radius 3 is 2.62 bits per heavy atom. The van der Waals surface area contributed by atoms with E-state index in [2.05, 4.69) is 9.88 Å². The van der Waals surface area contributed by atoms with Crippen LogP contribution in [0.5, 0.6) is 0 Å². The number of carbonyl (C=O) groups is 2. The third kappa shape index (κ3) is 3.57. The molecule has 1 amide bonds. The predicted molar refractivity (Wildman–Crippen MR) is 104 cm³/mol. The Bertz CT molecular complexity index is 908. The summed E-state index contributed by atoms with van der Waals surface area (Å²) in [7, 11) is 0. The number of hydrogen-bond donors (Lipinski definition) is 1. The standard InChI is InChI=1S/C20H21N3O2S/c24-18(19-6-3-11-26-19)14-22-7-9-23(10-8-22)20(25)12-15-13-21-17-5-2-1-4-16(15)17/h1-6,11,13,21H,7-10,12,14H2. The Morgan fingerprint density at radius 1 is 1.04 bits per heavy atom. The summed E-state index contributed by atoms with van der Waals surface area (Å²) in [6, 6.07) is 11.8. The van der Waals surface area contributed by atoms with Crippen LogP contribution in [0.2, 0.25) is 0 Å². The minimum absolute atomic E-state index is 0.152. The fourth-order valence-electron chi connectivity index (χ4n) is 3.43. The van der Waals surface area contributed by atoms with Gasteiger partial charge in [0.2, 0.25) is 5.91 Å². The fourth-order valence-corrected chi connectivity index (χ4v) is 4.08. The van der Waals surface area contributed by atoms with Crippen LogP contribution in [0, 0.1) is 0 Å². The van der Waals surface area contributed by atoms with Crippen molar-refractivity contribution < 1.29 is 9.59 Å². The highest BCUT2D eigenvalue weighted by Crippen LogP contribution is 2.19. The number of benzene rings is 1. The zero-order valence-corrected chi connectivity index (χ0v) is 15.3. The average Bonchev–Trinajstić information content (AvgIpc) is 3.33.